The minimum atomic E-state index is -3.69. The minimum absolute atomic E-state index is 0.0410. The molecule has 0 fully saturated rings. The van der Waals surface area contributed by atoms with E-state index in [1.807, 2.05) is 6.07 Å². The zero-order valence-electron chi connectivity index (χ0n) is 15.0. The molecule has 0 atom stereocenters. The van der Waals surface area contributed by atoms with Gasteiger partial charge >= 0.3 is 6.03 Å². The molecule has 0 bridgehead atoms. The van der Waals surface area contributed by atoms with E-state index < -0.39 is 16.1 Å². The second-order valence-electron chi connectivity index (χ2n) is 5.77. The Balaban J connectivity index is 1.50. The van der Waals surface area contributed by atoms with E-state index in [4.69, 9.17) is 16.0 Å². The molecule has 0 aliphatic heterocycles. The van der Waals surface area contributed by atoms with Crippen LogP contribution < -0.4 is 15.5 Å². The highest BCUT2D eigenvalue weighted by atomic mass is 35.5. The predicted molar refractivity (Wildman–Crippen MR) is 110 cm³/mol. The van der Waals surface area contributed by atoms with Crippen molar-refractivity contribution in [2.45, 2.75) is 11.4 Å². The number of carbonyl (C=O) groups excluding carboxylic acids is 1. The molecule has 0 saturated carbocycles. The van der Waals surface area contributed by atoms with Gasteiger partial charge in [0, 0.05) is 10.7 Å². The van der Waals surface area contributed by atoms with Crippen LogP contribution in [0.2, 0.25) is 5.02 Å². The number of amides is 2. The van der Waals surface area contributed by atoms with Gasteiger partial charge in [-0.3, -0.25) is 0 Å². The van der Waals surface area contributed by atoms with Gasteiger partial charge < -0.3 is 9.73 Å². The number of hydrogen-bond donors (Lipinski definition) is 3. The van der Waals surface area contributed by atoms with Crippen LogP contribution in [0.4, 0.5) is 10.5 Å². The lowest BCUT2D eigenvalue weighted by Crippen LogP contribution is -2.24. The third-order valence-electron chi connectivity index (χ3n) is 3.63. The molecule has 2 aromatic carbocycles. The van der Waals surface area contributed by atoms with Crippen molar-refractivity contribution in [2.24, 2.45) is 5.10 Å². The first-order valence-electron chi connectivity index (χ1n) is 8.41. The molecule has 0 saturated heterocycles. The fourth-order valence-corrected chi connectivity index (χ4v) is 3.38. The van der Waals surface area contributed by atoms with E-state index in [1.54, 1.807) is 36.4 Å². The van der Waals surface area contributed by atoms with E-state index in [-0.39, 0.29) is 11.4 Å². The number of para-hydroxylation sites is 1. The van der Waals surface area contributed by atoms with Gasteiger partial charge in [0.25, 0.3) is 0 Å². The zero-order valence-corrected chi connectivity index (χ0v) is 16.6. The van der Waals surface area contributed by atoms with Gasteiger partial charge in [0.05, 0.1) is 17.7 Å². The number of nitrogens with one attached hydrogen (secondary N) is 3. The standard InChI is InChI=1S/C19H17ClN4O4S/c20-14-6-10-18(11-7-14)29(26,27)22-13-17-9-8-16(28-17)12-21-24-19(25)23-15-4-2-1-3-5-15/h1-12,22H,13H2,(H2,23,24,25)/b21-12-. The Labute approximate surface area is 172 Å². The third kappa shape index (κ3) is 6.18. The first-order chi connectivity index (χ1) is 13.9. The van der Waals surface area contributed by atoms with Gasteiger partial charge in [-0.15, -0.1) is 0 Å². The zero-order chi connectivity index (χ0) is 20.7. The molecule has 29 heavy (non-hydrogen) atoms. The van der Waals surface area contributed by atoms with Crippen LogP contribution in [0.25, 0.3) is 0 Å². The normalized spacial score (nSPS) is 11.5. The average Bonchev–Trinajstić information content (AvgIpc) is 3.15. The lowest BCUT2D eigenvalue weighted by Gasteiger charge is -2.05. The molecule has 3 N–H and O–H groups in total. The highest BCUT2D eigenvalue weighted by Gasteiger charge is 2.14. The summed E-state index contributed by atoms with van der Waals surface area (Å²) in [7, 11) is -3.69. The largest absolute Gasteiger partial charge is 0.459 e. The van der Waals surface area contributed by atoms with Crippen LogP contribution in [0.15, 0.2) is 81.1 Å². The van der Waals surface area contributed by atoms with Gasteiger partial charge in [0.2, 0.25) is 10.0 Å². The fourth-order valence-electron chi connectivity index (χ4n) is 2.26. The second-order valence-corrected chi connectivity index (χ2v) is 7.98. The van der Waals surface area contributed by atoms with E-state index in [2.05, 4.69) is 20.6 Å². The van der Waals surface area contributed by atoms with Crippen molar-refractivity contribution in [3.63, 3.8) is 0 Å². The van der Waals surface area contributed by atoms with Gasteiger partial charge in [0.1, 0.15) is 11.5 Å². The maximum atomic E-state index is 12.2. The highest BCUT2D eigenvalue weighted by Crippen LogP contribution is 2.14. The Hall–Kier alpha value is -3.14. The van der Waals surface area contributed by atoms with Gasteiger partial charge in [0.15, 0.2) is 0 Å². The summed E-state index contributed by atoms with van der Waals surface area (Å²) in [5, 5.41) is 6.84. The Morgan fingerprint density at radius 2 is 1.76 bits per heavy atom. The minimum Gasteiger partial charge on any atom is -0.459 e. The SMILES string of the molecule is O=C(N/N=C\c1ccc(CNS(=O)(=O)c2ccc(Cl)cc2)o1)Nc1ccccc1. The van der Waals surface area contributed by atoms with E-state index in [0.29, 0.717) is 22.2 Å². The van der Waals surface area contributed by atoms with Crippen molar-refractivity contribution in [3.8, 4) is 0 Å². The number of benzene rings is 2. The lowest BCUT2D eigenvalue weighted by atomic mass is 10.3. The molecular formula is C19H17ClN4O4S. The first kappa shape index (κ1) is 20.6. The van der Waals surface area contributed by atoms with E-state index in [0.717, 1.165) is 0 Å². The summed E-state index contributed by atoms with van der Waals surface area (Å²) in [6, 6.07) is 17.4. The van der Waals surface area contributed by atoms with Crippen molar-refractivity contribution < 1.29 is 17.6 Å². The first-order valence-corrected chi connectivity index (χ1v) is 10.3. The molecule has 1 aromatic heterocycles. The molecule has 0 spiro atoms. The second kappa shape index (κ2) is 9.37. The Morgan fingerprint density at radius 3 is 2.48 bits per heavy atom. The van der Waals surface area contributed by atoms with Crippen molar-refractivity contribution >= 4 is 39.6 Å². The maximum Gasteiger partial charge on any atom is 0.339 e. The summed E-state index contributed by atoms with van der Waals surface area (Å²) in [5.41, 5.74) is 2.94. The van der Waals surface area contributed by atoms with E-state index >= 15 is 0 Å². The van der Waals surface area contributed by atoms with Crippen LogP contribution in [0.1, 0.15) is 11.5 Å². The number of rotatable bonds is 7. The monoisotopic (exact) mass is 432 g/mol. The van der Waals surface area contributed by atoms with Gasteiger partial charge in [-0.1, -0.05) is 29.8 Å². The molecule has 1 heterocycles. The lowest BCUT2D eigenvalue weighted by molar-refractivity contribution is 0.252. The molecular weight excluding hydrogens is 416 g/mol. The average molecular weight is 433 g/mol. The van der Waals surface area contributed by atoms with Crippen LogP contribution >= 0.6 is 11.6 Å². The third-order valence-corrected chi connectivity index (χ3v) is 5.30. The number of hydrazone groups is 1. The van der Waals surface area contributed by atoms with E-state index in [9.17, 15) is 13.2 Å². The number of urea groups is 1. The highest BCUT2D eigenvalue weighted by molar-refractivity contribution is 7.89. The molecule has 0 radical (unpaired) electrons. The maximum absolute atomic E-state index is 12.2. The molecule has 0 aliphatic rings. The topological polar surface area (TPSA) is 113 Å². The molecule has 0 unspecified atom stereocenters. The number of nitrogens with zero attached hydrogens (tertiary/aromatic N) is 1. The number of hydrogen-bond acceptors (Lipinski definition) is 5. The summed E-state index contributed by atoms with van der Waals surface area (Å²) in [5.74, 6) is 0.739. The summed E-state index contributed by atoms with van der Waals surface area (Å²) in [4.78, 5) is 11.8. The predicted octanol–water partition coefficient (Wildman–Crippen LogP) is 3.57. The number of carbonyl (C=O) groups is 1. The molecule has 10 heteroatoms. The van der Waals surface area contributed by atoms with Crippen LogP contribution in [-0.4, -0.2) is 20.7 Å². The number of sulfonamides is 1. The molecule has 0 aliphatic carbocycles. The van der Waals surface area contributed by atoms with Crippen LogP contribution in [0.3, 0.4) is 0 Å². The molecule has 3 rings (SSSR count). The Kier molecular flexibility index (Phi) is 6.65. The fraction of sp³-hybridized carbons (Fsp3) is 0.0526. The summed E-state index contributed by atoms with van der Waals surface area (Å²) >= 11 is 5.77. The molecule has 150 valence electrons. The number of halogens is 1. The van der Waals surface area contributed by atoms with Crippen LogP contribution in [0.5, 0.6) is 0 Å². The van der Waals surface area contributed by atoms with Gasteiger partial charge in [-0.05, 0) is 48.5 Å². The van der Waals surface area contributed by atoms with Gasteiger partial charge in [-0.25, -0.2) is 23.4 Å². The smallest absolute Gasteiger partial charge is 0.339 e. The van der Waals surface area contributed by atoms with Crippen molar-refractivity contribution in [2.75, 3.05) is 5.32 Å². The quantitative estimate of drug-likeness (QED) is 0.391. The van der Waals surface area contributed by atoms with Crippen molar-refractivity contribution in [1.82, 2.24) is 10.1 Å². The van der Waals surface area contributed by atoms with Crippen molar-refractivity contribution in [3.05, 3.63) is 83.3 Å². The molecule has 3 aromatic rings. The Morgan fingerprint density at radius 1 is 1.03 bits per heavy atom. The molecule has 8 nitrogen and oxygen atoms in total. The van der Waals surface area contributed by atoms with E-state index in [1.165, 1.54) is 30.5 Å². The Bertz CT molecular complexity index is 1100. The van der Waals surface area contributed by atoms with Crippen LogP contribution in [0, 0.1) is 0 Å². The van der Waals surface area contributed by atoms with Gasteiger partial charge in [-0.2, -0.15) is 5.10 Å². The van der Waals surface area contributed by atoms with Crippen molar-refractivity contribution in [1.29, 1.82) is 0 Å². The number of anilines is 1. The summed E-state index contributed by atoms with van der Waals surface area (Å²) in [6.07, 6.45) is 1.31. The number of furan rings is 1. The summed E-state index contributed by atoms with van der Waals surface area (Å²) < 4.78 is 32.4. The molecule has 2 amide bonds. The van der Waals surface area contributed by atoms with Crippen LogP contribution in [-0.2, 0) is 16.6 Å². The summed E-state index contributed by atoms with van der Waals surface area (Å²) in [6.45, 7) is -0.0410.